The third-order valence-electron chi connectivity index (χ3n) is 2.56. The van der Waals surface area contributed by atoms with Crippen molar-refractivity contribution in [2.75, 3.05) is 0 Å². The van der Waals surface area contributed by atoms with Crippen molar-refractivity contribution in [3.05, 3.63) is 12.2 Å². The lowest BCUT2D eigenvalue weighted by atomic mass is 10.0. The average molecular weight is 196 g/mol. The Bertz CT molecular complexity index is 149. The number of hydrogen-bond acceptors (Lipinski definition) is 1. The van der Waals surface area contributed by atoms with Gasteiger partial charge < -0.3 is 4.79 Å². The SMILES string of the molecule is CCCCC/C=C/CCC(C=O)CC. The lowest BCUT2D eigenvalue weighted by Gasteiger charge is -2.02. The van der Waals surface area contributed by atoms with Crippen LogP contribution in [0.1, 0.15) is 58.8 Å². The van der Waals surface area contributed by atoms with Gasteiger partial charge in [0.1, 0.15) is 6.29 Å². The molecule has 0 radical (unpaired) electrons. The Morgan fingerprint density at radius 1 is 1.07 bits per heavy atom. The van der Waals surface area contributed by atoms with Crippen LogP contribution in [0.15, 0.2) is 12.2 Å². The lowest BCUT2D eigenvalue weighted by Crippen LogP contribution is -1.98. The van der Waals surface area contributed by atoms with Gasteiger partial charge in [0.15, 0.2) is 0 Å². The molecular formula is C13H24O. The van der Waals surface area contributed by atoms with Crippen LogP contribution in [0.5, 0.6) is 0 Å². The summed E-state index contributed by atoms with van der Waals surface area (Å²) >= 11 is 0. The Morgan fingerprint density at radius 3 is 2.36 bits per heavy atom. The highest BCUT2D eigenvalue weighted by molar-refractivity contribution is 5.53. The minimum Gasteiger partial charge on any atom is -0.303 e. The van der Waals surface area contributed by atoms with Gasteiger partial charge in [0, 0.05) is 5.92 Å². The van der Waals surface area contributed by atoms with Crippen molar-refractivity contribution < 1.29 is 4.79 Å². The zero-order valence-electron chi connectivity index (χ0n) is 9.67. The van der Waals surface area contributed by atoms with Crippen LogP contribution in [0, 0.1) is 5.92 Å². The number of rotatable bonds is 9. The van der Waals surface area contributed by atoms with Crippen molar-refractivity contribution in [2.24, 2.45) is 5.92 Å². The molecule has 1 heteroatoms. The van der Waals surface area contributed by atoms with Gasteiger partial charge in [-0.15, -0.1) is 0 Å². The second-order valence-electron chi connectivity index (χ2n) is 3.85. The molecular weight excluding hydrogens is 172 g/mol. The molecule has 14 heavy (non-hydrogen) atoms. The largest absolute Gasteiger partial charge is 0.303 e. The maximum absolute atomic E-state index is 10.5. The Balaban J connectivity index is 3.29. The fourth-order valence-corrected chi connectivity index (χ4v) is 1.43. The van der Waals surface area contributed by atoms with Crippen molar-refractivity contribution in [3.63, 3.8) is 0 Å². The van der Waals surface area contributed by atoms with E-state index >= 15 is 0 Å². The number of carbonyl (C=O) groups is 1. The van der Waals surface area contributed by atoms with E-state index in [0.717, 1.165) is 25.5 Å². The molecule has 0 saturated carbocycles. The molecule has 0 heterocycles. The second-order valence-corrected chi connectivity index (χ2v) is 3.85. The lowest BCUT2D eigenvalue weighted by molar-refractivity contribution is -0.111. The van der Waals surface area contributed by atoms with Gasteiger partial charge >= 0.3 is 0 Å². The predicted molar refractivity (Wildman–Crippen MR) is 62.4 cm³/mol. The highest BCUT2D eigenvalue weighted by Gasteiger charge is 2.00. The topological polar surface area (TPSA) is 17.1 Å². The maximum Gasteiger partial charge on any atom is 0.123 e. The summed E-state index contributed by atoms with van der Waals surface area (Å²) in [5.74, 6) is 0.273. The zero-order chi connectivity index (χ0) is 10.6. The van der Waals surface area contributed by atoms with Crippen molar-refractivity contribution in [1.82, 2.24) is 0 Å². The van der Waals surface area contributed by atoms with Gasteiger partial charge in [-0.2, -0.15) is 0 Å². The number of aldehydes is 1. The first-order valence-corrected chi connectivity index (χ1v) is 5.95. The first-order valence-electron chi connectivity index (χ1n) is 5.95. The number of hydrogen-bond donors (Lipinski definition) is 0. The van der Waals surface area contributed by atoms with Crippen LogP contribution in [0.3, 0.4) is 0 Å². The molecule has 82 valence electrons. The molecule has 0 bridgehead atoms. The minimum absolute atomic E-state index is 0.273. The quantitative estimate of drug-likeness (QED) is 0.308. The van der Waals surface area contributed by atoms with Crippen LogP contribution < -0.4 is 0 Å². The summed E-state index contributed by atoms with van der Waals surface area (Å²) in [5.41, 5.74) is 0. The van der Waals surface area contributed by atoms with Gasteiger partial charge in [-0.3, -0.25) is 0 Å². The molecule has 0 spiro atoms. The fourth-order valence-electron chi connectivity index (χ4n) is 1.43. The molecule has 0 rings (SSSR count). The first-order chi connectivity index (χ1) is 6.85. The Hall–Kier alpha value is -0.590. The van der Waals surface area contributed by atoms with Crippen molar-refractivity contribution in [3.8, 4) is 0 Å². The van der Waals surface area contributed by atoms with Gasteiger partial charge in [-0.1, -0.05) is 38.8 Å². The normalized spacial score (nSPS) is 13.3. The number of allylic oxidation sites excluding steroid dienone is 2. The van der Waals surface area contributed by atoms with Gasteiger partial charge in [0.25, 0.3) is 0 Å². The summed E-state index contributed by atoms with van der Waals surface area (Å²) in [5, 5.41) is 0. The standard InChI is InChI=1S/C13H24O/c1-3-5-6-7-8-9-10-11-13(4-2)12-14/h8-9,12-13H,3-7,10-11H2,1-2H3/b9-8+. The summed E-state index contributed by atoms with van der Waals surface area (Å²) in [4.78, 5) is 10.5. The van der Waals surface area contributed by atoms with E-state index in [4.69, 9.17) is 0 Å². The predicted octanol–water partition coefficient (Wildman–Crippen LogP) is 4.13. The van der Waals surface area contributed by atoms with E-state index in [-0.39, 0.29) is 5.92 Å². The molecule has 0 aromatic carbocycles. The summed E-state index contributed by atoms with van der Waals surface area (Å²) < 4.78 is 0. The van der Waals surface area contributed by atoms with E-state index in [1.165, 1.54) is 25.7 Å². The van der Waals surface area contributed by atoms with E-state index in [1.54, 1.807) is 0 Å². The Labute approximate surface area is 88.6 Å². The van der Waals surface area contributed by atoms with Crippen molar-refractivity contribution in [1.29, 1.82) is 0 Å². The molecule has 1 atom stereocenters. The molecule has 0 aliphatic heterocycles. The third-order valence-corrected chi connectivity index (χ3v) is 2.56. The van der Waals surface area contributed by atoms with E-state index < -0.39 is 0 Å². The third kappa shape index (κ3) is 8.03. The van der Waals surface area contributed by atoms with Crippen LogP contribution >= 0.6 is 0 Å². The average Bonchev–Trinajstić information content (AvgIpc) is 2.22. The van der Waals surface area contributed by atoms with E-state index in [2.05, 4.69) is 26.0 Å². The number of unbranched alkanes of at least 4 members (excludes halogenated alkanes) is 3. The Kier molecular flexibility index (Phi) is 10.0. The minimum atomic E-state index is 0.273. The second kappa shape index (κ2) is 10.5. The highest BCUT2D eigenvalue weighted by atomic mass is 16.1. The summed E-state index contributed by atoms with van der Waals surface area (Å²) in [6, 6.07) is 0. The highest BCUT2D eigenvalue weighted by Crippen LogP contribution is 2.08. The van der Waals surface area contributed by atoms with Crippen LogP contribution in [-0.2, 0) is 4.79 Å². The molecule has 0 aliphatic rings. The van der Waals surface area contributed by atoms with E-state index in [9.17, 15) is 4.79 Å². The molecule has 0 aromatic rings. The molecule has 0 N–H and O–H groups in total. The van der Waals surface area contributed by atoms with Gasteiger partial charge in [0.2, 0.25) is 0 Å². The van der Waals surface area contributed by atoms with Crippen LogP contribution in [-0.4, -0.2) is 6.29 Å². The Morgan fingerprint density at radius 2 is 1.79 bits per heavy atom. The van der Waals surface area contributed by atoms with Crippen molar-refractivity contribution >= 4 is 6.29 Å². The molecule has 0 aliphatic carbocycles. The van der Waals surface area contributed by atoms with E-state index in [1.807, 2.05) is 0 Å². The first kappa shape index (κ1) is 13.4. The molecule has 0 aromatic heterocycles. The van der Waals surface area contributed by atoms with E-state index in [0.29, 0.717) is 0 Å². The monoisotopic (exact) mass is 196 g/mol. The molecule has 0 amide bonds. The molecule has 0 fully saturated rings. The van der Waals surface area contributed by atoms with Gasteiger partial charge in [0.05, 0.1) is 0 Å². The zero-order valence-corrected chi connectivity index (χ0v) is 9.67. The fraction of sp³-hybridized carbons (Fsp3) is 0.769. The molecule has 1 nitrogen and oxygen atoms in total. The summed E-state index contributed by atoms with van der Waals surface area (Å²) in [6.07, 6.45) is 13.7. The van der Waals surface area contributed by atoms with Crippen LogP contribution in [0.2, 0.25) is 0 Å². The number of carbonyl (C=O) groups excluding carboxylic acids is 1. The van der Waals surface area contributed by atoms with Crippen molar-refractivity contribution in [2.45, 2.75) is 58.8 Å². The molecule has 1 unspecified atom stereocenters. The summed E-state index contributed by atoms with van der Waals surface area (Å²) in [6.45, 7) is 4.30. The molecule has 0 saturated heterocycles. The van der Waals surface area contributed by atoms with Gasteiger partial charge in [-0.05, 0) is 32.1 Å². The summed E-state index contributed by atoms with van der Waals surface area (Å²) in [7, 11) is 0. The maximum atomic E-state index is 10.5. The van der Waals surface area contributed by atoms with Crippen LogP contribution in [0.25, 0.3) is 0 Å². The van der Waals surface area contributed by atoms with Crippen LogP contribution in [0.4, 0.5) is 0 Å². The smallest absolute Gasteiger partial charge is 0.123 e. The van der Waals surface area contributed by atoms with Gasteiger partial charge in [-0.25, -0.2) is 0 Å².